The number of hydrogen-bond acceptors (Lipinski definition) is 5. The average molecular weight is 373 g/mol. The zero-order valence-corrected chi connectivity index (χ0v) is 15.4. The molecular weight excluding hydrogens is 358 g/mol. The molecule has 1 heterocycles. The van der Waals surface area contributed by atoms with E-state index in [0.717, 1.165) is 22.5 Å². The molecule has 1 aliphatic heterocycles. The molecule has 0 saturated carbocycles. The van der Waals surface area contributed by atoms with Gasteiger partial charge in [0.25, 0.3) is 0 Å². The first-order valence-electron chi connectivity index (χ1n) is 9.07. The number of rotatable bonds is 3. The van der Waals surface area contributed by atoms with Crippen LogP contribution in [0.1, 0.15) is 45.5 Å². The molecule has 5 heteroatoms. The molecule has 1 N–H and O–H groups in total. The van der Waals surface area contributed by atoms with Gasteiger partial charge in [-0.3, -0.25) is 4.99 Å². The fraction of sp³-hybridized carbons (Fsp3) is 0.0833. The van der Waals surface area contributed by atoms with Crippen molar-refractivity contribution in [2.24, 2.45) is 4.99 Å². The van der Waals surface area contributed by atoms with Crippen molar-refractivity contribution in [2.45, 2.75) is 12.1 Å². The number of benzene rings is 3. The summed E-state index contributed by atoms with van der Waals surface area (Å²) in [6.07, 6.45) is 0. The van der Waals surface area contributed by atoms with Crippen molar-refractivity contribution < 1.29 is 0 Å². The predicted molar refractivity (Wildman–Crippen MR) is 109 cm³/mol. The maximum absolute atomic E-state index is 9.07. The van der Waals surface area contributed by atoms with Crippen LogP contribution in [0, 0.1) is 34.0 Å². The maximum atomic E-state index is 9.07. The number of aliphatic imine (C=N–C) groups is 1. The Morgan fingerprint density at radius 1 is 0.621 bits per heavy atom. The van der Waals surface area contributed by atoms with Crippen molar-refractivity contribution in [3.05, 3.63) is 106 Å². The molecule has 0 amide bonds. The van der Waals surface area contributed by atoms with Gasteiger partial charge >= 0.3 is 0 Å². The third kappa shape index (κ3) is 3.56. The zero-order chi connectivity index (χ0) is 20.2. The molecule has 0 saturated heterocycles. The Hall–Kier alpha value is -4.40. The summed E-state index contributed by atoms with van der Waals surface area (Å²) in [6, 6.07) is 28.3. The lowest BCUT2D eigenvalue weighted by Crippen LogP contribution is -2.25. The summed E-state index contributed by atoms with van der Waals surface area (Å²) in [4.78, 5) is 4.91. The van der Waals surface area contributed by atoms with E-state index in [1.165, 1.54) is 0 Å². The second kappa shape index (κ2) is 7.69. The van der Waals surface area contributed by atoms with E-state index in [9.17, 15) is 0 Å². The quantitative estimate of drug-likeness (QED) is 0.746. The monoisotopic (exact) mass is 373 g/mol. The third-order valence-corrected chi connectivity index (χ3v) is 4.94. The van der Waals surface area contributed by atoms with Crippen LogP contribution >= 0.6 is 0 Å². The molecule has 0 radical (unpaired) electrons. The molecule has 0 aliphatic carbocycles. The van der Waals surface area contributed by atoms with Crippen LogP contribution in [0.2, 0.25) is 0 Å². The average Bonchev–Trinajstić information content (AvgIpc) is 3.24. The minimum Gasteiger partial charge on any atom is -0.361 e. The molecule has 0 aromatic heterocycles. The fourth-order valence-corrected chi connectivity index (χ4v) is 3.39. The molecule has 29 heavy (non-hydrogen) atoms. The molecule has 1 aliphatic rings. The molecule has 4 rings (SSSR count). The highest BCUT2D eigenvalue weighted by Crippen LogP contribution is 2.37. The summed E-state index contributed by atoms with van der Waals surface area (Å²) in [5.41, 5.74) is 4.72. The van der Waals surface area contributed by atoms with Gasteiger partial charge in [-0.2, -0.15) is 15.8 Å². The molecule has 3 aromatic carbocycles. The van der Waals surface area contributed by atoms with Gasteiger partial charge in [-0.15, -0.1) is 0 Å². The lowest BCUT2D eigenvalue weighted by Gasteiger charge is -2.20. The van der Waals surface area contributed by atoms with Gasteiger partial charge in [-0.1, -0.05) is 24.3 Å². The van der Waals surface area contributed by atoms with Crippen LogP contribution in [-0.4, -0.2) is 5.84 Å². The first-order chi connectivity index (χ1) is 14.2. The Kier molecular flexibility index (Phi) is 4.77. The molecule has 0 fully saturated rings. The van der Waals surface area contributed by atoms with Crippen LogP contribution in [0.5, 0.6) is 0 Å². The molecule has 136 valence electrons. The van der Waals surface area contributed by atoms with Crippen LogP contribution < -0.4 is 5.32 Å². The molecule has 3 aromatic rings. The van der Waals surface area contributed by atoms with Crippen molar-refractivity contribution in [1.82, 2.24) is 5.32 Å². The first kappa shape index (κ1) is 18.0. The zero-order valence-electron chi connectivity index (χ0n) is 15.4. The highest BCUT2D eigenvalue weighted by atomic mass is 15.1. The van der Waals surface area contributed by atoms with Crippen LogP contribution in [0.3, 0.4) is 0 Å². The summed E-state index contributed by atoms with van der Waals surface area (Å²) in [5.74, 6) is 0.748. The fourth-order valence-electron chi connectivity index (χ4n) is 3.39. The summed E-state index contributed by atoms with van der Waals surface area (Å²) in [6.45, 7) is 0. The predicted octanol–water partition coefficient (Wildman–Crippen LogP) is 4.13. The number of nitrogens with one attached hydrogen (secondary N) is 1. The normalized spacial score (nSPS) is 17.3. The third-order valence-electron chi connectivity index (χ3n) is 4.94. The van der Waals surface area contributed by atoms with E-state index in [-0.39, 0.29) is 12.1 Å². The highest BCUT2D eigenvalue weighted by Gasteiger charge is 2.31. The molecule has 2 atom stereocenters. The Balaban J connectivity index is 1.73. The van der Waals surface area contributed by atoms with E-state index in [1.807, 2.05) is 36.4 Å². The van der Waals surface area contributed by atoms with E-state index in [2.05, 4.69) is 23.5 Å². The van der Waals surface area contributed by atoms with Crippen molar-refractivity contribution >= 4 is 5.84 Å². The summed E-state index contributed by atoms with van der Waals surface area (Å²) >= 11 is 0. The van der Waals surface area contributed by atoms with E-state index < -0.39 is 0 Å². The van der Waals surface area contributed by atoms with Crippen LogP contribution in [0.15, 0.2) is 77.8 Å². The van der Waals surface area contributed by atoms with Gasteiger partial charge in [0.05, 0.1) is 40.9 Å². The van der Waals surface area contributed by atoms with Crippen molar-refractivity contribution in [2.75, 3.05) is 0 Å². The second-order valence-electron chi connectivity index (χ2n) is 6.70. The maximum Gasteiger partial charge on any atom is 0.129 e. The molecular formula is C24H15N5. The van der Waals surface area contributed by atoms with Gasteiger partial charge in [-0.25, -0.2) is 0 Å². The minimum atomic E-state index is -0.179. The smallest absolute Gasteiger partial charge is 0.129 e. The minimum absolute atomic E-state index is 0.110. The van der Waals surface area contributed by atoms with Crippen LogP contribution in [0.4, 0.5) is 0 Å². The SMILES string of the molecule is N#Cc1ccc(C2=NC(c3ccc(C#N)cc3)C(c3ccc(C#N)cc3)N2)cc1. The Morgan fingerprint density at radius 3 is 1.55 bits per heavy atom. The Labute approximate surface area is 168 Å². The Bertz CT molecular complexity index is 1190. The summed E-state index contributed by atoms with van der Waals surface area (Å²) in [5, 5.41) is 30.7. The lowest BCUT2D eigenvalue weighted by atomic mass is 9.94. The Morgan fingerprint density at radius 2 is 1.07 bits per heavy atom. The summed E-state index contributed by atoms with van der Waals surface area (Å²) < 4.78 is 0. The van der Waals surface area contributed by atoms with E-state index in [4.69, 9.17) is 20.8 Å². The van der Waals surface area contributed by atoms with Gasteiger partial charge in [0.15, 0.2) is 0 Å². The van der Waals surface area contributed by atoms with Crippen LogP contribution in [-0.2, 0) is 0 Å². The molecule has 5 nitrogen and oxygen atoms in total. The highest BCUT2D eigenvalue weighted by molar-refractivity contribution is 6.00. The second-order valence-corrected chi connectivity index (χ2v) is 6.70. The van der Waals surface area contributed by atoms with Gasteiger partial charge in [0, 0.05) is 5.56 Å². The first-order valence-corrected chi connectivity index (χ1v) is 9.07. The molecule has 0 bridgehead atoms. The lowest BCUT2D eigenvalue weighted by molar-refractivity contribution is 0.572. The number of nitriles is 3. The van der Waals surface area contributed by atoms with E-state index in [0.29, 0.717) is 16.7 Å². The van der Waals surface area contributed by atoms with Crippen molar-refractivity contribution in [3.8, 4) is 18.2 Å². The van der Waals surface area contributed by atoms with Gasteiger partial charge in [0.1, 0.15) is 11.9 Å². The largest absolute Gasteiger partial charge is 0.361 e. The molecule has 2 unspecified atom stereocenters. The number of amidine groups is 1. The van der Waals surface area contributed by atoms with Gasteiger partial charge in [-0.05, 0) is 59.7 Å². The standard InChI is InChI=1S/C24H15N5/c25-13-16-1-7-19(8-2-16)22-23(20-9-3-17(14-26)4-10-20)29-24(28-22)21-11-5-18(15-27)6-12-21/h1-12,22-23H,(H,28,29). The number of hydrogen-bond donors (Lipinski definition) is 1. The number of nitrogens with zero attached hydrogens (tertiary/aromatic N) is 4. The van der Waals surface area contributed by atoms with Crippen LogP contribution in [0.25, 0.3) is 0 Å². The van der Waals surface area contributed by atoms with Gasteiger partial charge < -0.3 is 5.32 Å². The van der Waals surface area contributed by atoms with E-state index in [1.54, 1.807) is 36.4 Å². The molecule has 0 spiro atoms. The van der Waals surface area contributed by atoms with Gasteiger partial charge in [0.2, 0.25) is 0 Å². The van der Waals surface area contributed by atoms with Crippen molar-refractivity contribution in [3.63, 3.8) is 0 Å². The summed E-state index contributed by atoms with van der Waals surface area (Å²) in [7, 11) is 0. The topological polar surface area (TPSA) is 95.8 Å². The van der Waals surface area contributed by atoms with Crippen molar-refractivity contribution in [1.29, 1.82) is 15.8 Å². The van der Waals surface area contributed by atoms with E-state index >= 15 is 0 Å².